The number of aryl methyl sites for hydroxylation is 2. The van der Waals surface area contributed by atoms with Crippen LogP contribution in [-0.4, -0.2) is 16.5 Å². The molecule has 0 bridgehead atoms. The van der Waals surface area contributed by atoms with Crippen LogP contribution in [0.4, 0.5) is 17.2 Å². The van der Waals surface area contributed by atoms with Crippen LogP contribution in [0, 0.1) is 13.8 Å². The molecule has 47 heavy (non-hydrogen) atoms. The standard InChI is InChI=1S/C42H41N3OS/c1-26-20-28(38-44-41(7)33-15-10-9-14-32(33)40(5,6)42(41,8)46-38)24-30(22-26)47-31-23-27(2)21-29(25-31)45-36-18-12-11-16-34(36)39(3,4)35-17-13-19-43-37(35)45/h9-25H,1-8H3/t41-,42+/m1/s1. The second-order valence-corrected chi connectivity index (χ2v) is 15.9. The van der Waals surface area contributed by atoms with Crippen LogP contribution < -0.4 is 4.90 Å². The highest BCUT2D eigenvalue weighted by molar-refractivity contribution is 7.99. The Hall–Kier alpha value is -4.35. The van der Waals surface area contributed by atoms with Gasteiger partial charge in [0.25, 0.3) is 0 Å². The lowest BCUT2D eigenvalue weighted by atomic mass is 9.71. The molecule has 1 aromatic heterocycles. The lowest BCUT2D eigenvalue weighted by Gasteiger charge is -2.41. The van der Waals surface area contributed by atoms with E-state index in [1.165, 1.54) is 44.0 Å². The zero-order valence-corrected chi connectivity index (χ0v) is 29.3. The number of ether oxygens (including phenoxy) is 1. The van der Waals surface area contributed by atoms with Gasteiger partial charge in [0, 0.05) is 43.6 Å². The molecule has 5 aromatic rings. The number of aliphatic imine (C=N–C) groups is 1. The van der Waals surface area contributed by atoms with Gasteiger partial charge in [0.05, 0.1) is 5.69 Å². The minimum Gasteiger partial charge on any atom is -0.467 e. The van der Waals surface area contributed by atoms with Crippen molar-refractivity contribution in [1.82, 2.24) is 4.98 Å². The average Bonchev–Trinajstić information content (AvgIpc) is 3.39. The van der Waals surface area contributed by atoms with Gasteiger partial charge in [0.2, 0.25) is 5.90 Å². The molecular formula is C42H41N3OS. The van der Waals surface area contributed by atoms with Crippen LogP contribution in [-0.2, 0) is 21.1 Å². The Bertz CT molecular complexity index is 2080. The van der Waals surface area contributed by atoms with Crippen molar-refractivity contribution >= 4 is 34.9 Å². The topological polar surface area (TPSA) is 37.7 Å². The van der Waals surface area contributed by atoms with E-state index in [2.05, 4.69) is 151 Å². The summed E-state index contributed by atoms with van der Waals surface area (Å²) in [5, 5.41) is 0. The van der Waals surface area contributed by atoms with E-state index < -0.39 is 11.1 Å². The van der Waals surface area contributed by atoms with E-state index in [-0.39, 0.29) is 10.8 Å². The Kier molecular flexibility index (Phi) is 6.43. The first-order valence-corrected chi connectivity index (χ1v) is 17.3. The van der Waals surface area contributed by atoms with Gasteiger partial charge in [-0.1, -0.05) is 88.0 Å². The number of fused-ring (bicyclic) bond motifs is 5. The summed E-state index contributed by atoms with van der Waals surface area (Å²) in [5.74, 6) is 1.72. The van der Waals surface area contributed by atoms with Gasteiger partial charge in [0.15, 0.2) is 0 Å². The second-order valence-electron chi connectivity index (χ2n) is 14.8. The van der Waals surface area contributed by atoms with Crippen LogP contribution in [0.15, 0.2) is 118 Å². The number of benzene rings is 4. The van der Waals surface area contributed by atoms with E-state index >= 15 is 0 Å². The largest absolute Gasteiger partial charge is 0.467 e. The van der Waals surface area contributed by atoms with Crippen molar-refractivity contribution in [3.8, 4) is 0 Å². The minimum atomic E-state index is -0.495. The molecule has 5 heteroatoms. The third-order valence-corrected chi connectivity index (χ3v) is 12.1. The van der Waals surface area contributed by atoms with Crippen molar-refractivity contribution in [1.29, 1.82) is 0 Å². The van der Waals surface area contributed by atoms with Crippen LogP contribution in [0.2, 0.25) is 0 Å². The van der Waals surface area contributed by atoms with E-state index in [0.717, 1.165) is 27.9 Å². The summed E-state index contributed by atoms with van der Waals surface area (Å²) >= 11 is 1.78. The van der Waals surface area contributed by atoms with Crippen molar-refractivity contribution < 1.29 is 4.74 Å². The molecular weight excluding hydrogens is 595 g/mol. The maximum Gasteiger partial charge on any atom is 0.217 e. The number of para-hydroxylation sites is 1. The maximum absolute atomic E-state index is 6.95. The van der Waals surface area contributed by atoms with Crippen LogP contribution in [0.25, 0.3) is 0 Å². The number of nitrogens with zero attached hydrogens (tertiary/aromatic N) is 3. The predicted molar refractivity (Wildman–Crippen MR) is 194 cm³/mol. The van der Waals surface area contributed by atoms with Crippen LogP contribution >= 0.6 is 11.8 Å². The molecule has 8 rings (SSSR count). The van der Waals surface area contributed by atoms with Crippen molar-refractivity contribution in [2.45, 2.75) is 87.2 Å². The molecule has 2 aliphatic heterocycles. The molecule has 3 aliphatic rings. The number of pyridine rings is 1. The van der Waals surface area contributed by atoms with Gasteiger partial charge < -0.3 is 4.74 Å². The number of aromatic nitrogens is 1. The first kappa shape index (κ1) is 30.0. The second kappa shape index (κ2) is 10.1. The first-order valence-electron chi connectivity index (χ1n) is 16.5. The van der Waals surface area contributed by atoms with Crippen LogP contribution in [0.1, 0.15) is 80.5 Å². The zero-order valence-electron chi connectivity index (χ0n) is 28.5. The molecule has 0 amide bonds. The molecule has 4 aromatic carbocycles. The van der Waals surface area contributed by atoms with Gasteiger partial charge in [-0.3, -0.25) is 4.90 Å². The fourth-order valence-electron chi connectivity index (χ4n) is 8.28. The molecule has 4 nitrogen and oxygen atoms in total. The number of hydrogen-bond acceptors (Lipinski definition) is 5. The quantitative estimate of drug-likeness (QED) is 0.197. The number of hydrogen-bond donors (Lipinski definition) is 0. The summed E-state index contributed by atoms with van der Waals surface area (Å²) in [5.41, 5.74) is 9.51. The Balaban J connectivity index is 1.17. The summed E-state index contributed by atoms with van der Waals surface area (Å²) in [7, 11) is 0. The molecule has 0 fully saturated rings. The predicted octanol–water partition coefficient (Wildman–Crippen LogP) is 10.7. The average molecular weight is 636 g/mol. The summed E-state index contributed by atoms with van der Waals surface area (Å²) in [6, 6.07) is 35.2. The zero-order chi connectivity index (χ0) is 32.9. The molecule has 0 spiro atoms. The molecule has 1 aliphatic carbocycles. The molecule has 236 valence electrons. The van der Waals surface area contributed by atoms with Gasteiger partial charge in [-0.05, 0) is 104 Å². The summed E-state index contributed by atoms with van der Waals surface area (Å²) in [6.45, 7) is 18.0. The molecule has 0 radical (unpaired) electrons. The van der Waals surface area contributed by atoms with Gasteiger partial charge in [0.1, 0.15) is 17.0 Å². The Morgan fingerprint density at radius 3 is 2.06 bits per heavy atom. The monoisotopic (exact) mass is 635 g/mol. The normalized spacial score (nSPS) is 22.9. The lowest BCUT2D eigenvalue weighted by molar-refractivity contribution is -0.0136. The molecule has 0 unspecified atom stereocenters. The van der Waals surface area contributed by atoms with Crippen molar-refractivity contribution in [2.75, 3.05) is 4.90 Å². The minimum absolute atomic E-state index is 0.148. The Labute approximate surface area is 282 Å². The molecule has 2 atom stereocenters. The van der Waals surface area contributed by atoms with E-state index in [1.807, 2.05) is 12.3 Å². The number of anilines is 3. The van der Waals surface area contributed by atoms with Gasteiger partial charge in [-0.2, -0.15) is 0 Å². The van der Waals surface area contributed by atoms with E-state index in [9.17, 15) is 0 Å². The highest BCUT2D eigenvalue weighted by Gasteiger charge is 2.67. The Morgan fingerprint density at radius 1 is 0.660 bits per heavy atom. The summed E-state index contributed by atoms with van der Waals surface area (Å²) < 4.78 is 6.95. The number of rotatable bonds is 4. The van der Waals surface area contributed by atoms with Crippen molar-refractivity contribution in [3.05, 3.63) is 142 Å². The highest BCUT2D eigenvalue weighted by Crippen LogP contribution is 2.61. The fraction of sp³-hybridized carbons (Fsp3) is 0.286. The highest BCUT2D eigenvalue weighted by atomic mass is 32.2. The maximum atomic E-state index is 6.95. The van der Waals surface area contributed by atoms with Crippen LogP contribution in [0.3, 0.4) is 0 Å². The molecule has 3 heterocycles. The van der Waals surface area contributed by atoms with Crippen molar-refractivity contribution in [2.24, 2.45) is 4.99 Å². The lowest BCUT2D eigenvalue weighted by Crippen LogP contribution is -2.51. The van der Waals surface area contributed by atoms with Crippen molar-refractivity contribution in [3.63, 3.8) is 0 Å². The van der Waals surface area contributed by atoms with Gasteiger partial charge in [-0.15, -0.1) is 0 Å². The third-order valence-electron chi connectivity index (χ3n) is 11.2. The Morgan fingerprint density at radius 2 is 1.30 bits per heavy atom. The van der Waals surface area contributed by atoms with Crippen LogP contribution in [0.5, 0.6) is 0 Å². The van der Waals surface area contributed by atoms with E-state index in [0.29, 0.717) is 0 Å². The molecule has 0 N–H and O–H groups in total. The summed E-state index contributed by atoms with van der Waals surface area (Å²) in [4.78, 5) is 15.0. The van der Waals surface area contributed by atoms with Gasteiger partial charge >= 0.3 is 0 Å². The van der Waals surface area contributed by atoms with Gasteiger partial charge in [-0.25, -0.2) is 9.98 Å². The smallest absolute Gasteiger partial charge is 0.217 e. The fourth-order valence-corrected chi connectivity index (χ4v) is 9.40. The third kappa shape index (κ3) is 4.21. The van der Waals surface area contributed by atoms with E-state index in [1.54, 1.807) is 11.8 Å². The first-order chi connectivity index (χ1) is 22.3. The SMILES string of the molecule is Cc1cc(Sc2cc(C)cc(N3c4ccccc4C(C)(C)c4cccnc43)c2)cc(C2=N[C@]3(C)c4ccccc4C(C)(C)[C@]3(C)O2)c1. The molecule has 0 saturated heterocycles. The summed E-state index contributed by atoms with van der Waals surface area (Å²) in [6.07, 6.45) is 1.90. The molecule has 0 saturated carbocycles. The van der Waals surface area contributed by atoms with E-state index in [4.69, 9.17) is 14.7 Å².